The summed E-state index contributed by atoms with van der Waals surface area (Å²) in [5.41, 5.74) is -0.0178. The zero-order valence-electron chi connectivity index (χ0n) is 18.1. The third kappa shape index (κ3) is 3.91. The number of amides is 1. The monoisotopic (exact) mass is 449 g/mol. The largest absolute Gasteiger partial charge is 0.349 e. The van der Waals surface area contributed by atoms with Gasteiger partial charge in [0.1, 0.15) is 10.7 Å². The summed E-state index contributed by atoms with van der Waals surface area (Å²) >= 11 is 0. The molecule has 170 valence electrons. The van der Waals surface area contributed by atoms with Crippen LogP contribution in [0.25, 0.3) is 0 Å². The van der Waals surface area contributed by atoms with Crippen molar-refractivity contribution in [1.82, 2.24) is 14.5 Å². The van der Waals surface area contributed by atoms with E-state index in [1.54, 1.807) is 0 Å². The maximum Gasteiger partial charge on any atom is 0.246 e. The molecule has 0 unspecified atom stereocenters. The molecule has 1 aromatic rings. The van der Waals surface area contributed by atoms with Crippen molar-refractivity contribution in [2.24, 2.45) is 17.8 Å². The first kappa shape index (κ1) is 21.3. The van der Waals surface area contributed by atoms with Crippen LogP contribution >= 0.6 is 0 Å². The lowest BCUT2D eigenvalue weighted by Crippen LogP contribution is -2.63. The topological polar surface area (TPSA) is 69.7 Å². The van der Waals surface area contributed by atoms with E-state index in [1.165, 1.54) is 47.8 Å². The number of carbonyl (C=O) groups excluding carboxylic acids is 1. The van der Waals surface area contributed by atoms with E-state index in [9.17, 15) is 17.6 Å². The molecule has 1 heterocycles. The normalized spacial score (nSPS) is 34.6. The third-order valence-electron chi connectivity index (χ3n) is 8.08. The van der Waals surface area contributed by atoms with Gasteiger partial charge in [-0.3, -0.25) is 9.69 Å². The predicted molar refractivity (Wildman–Crippen MR) is 115 cm³/mol. The van der Waals surface area contributed by atoms with E-state index in [1.807, 2.05) is 11.8 Å². The van der Waals surface area contributed by atoms with E-state index < -0.39 is 15.8 Å². The molecule has 1 atom stereocenters. The first-order valence-corrected chi connectivity index (χ1v) is 13.0. The SMILES string of the molecule is C[C@H](C(=O)NC12CC3CC(CC(C3)C1)C2)N1CCN(S(=O)(=O)c2ccccc2F)CC1. The summed E-state index contributed by atoms with van der Waals surface area (Å²) in [6.45, 7) is 3.35. The quantitative estimate of drug-likeness (QED) is 0.750. The fraction of sp³-hybridized carbons (Fsp3) is 0.696. The van der Waals surface area contributed by atoms with E-state index in [4.69, 9.17) is 0 Å². The summed E-state index contributed by atoms with van der Waals surface area (Å²) in [6.07, 6.45) is 7.36. The molecule has 1 amide bonds. The van der Waals surface area contributed by atoms with Crippen molar-refractivity contribution < 1.29 is 17.6 Å². The summed E-state index contributed by atoms with van der Waals surface area (Å²) in [6, 6.07) is 5.18. The number of hydrogen-bond acceptors (Lipinski definition) is 4. The number of hydrogen-bond donors (Lipinski definition) is 1. The van der Waals surface area contributed by atoms with Crippen LogP contribution in [-0.4, -0.2) is 61.3 Å². The number of carbonyl (C=O) groups is 1. The number of sulfonamides is 1. The molecule has 4 aliphatic carbocycles. The van der Waals surface area contributed by atoms with Gasteiger partial charge in [0, 0.05) is 31.7 Å². The Hall–Kier alpha value is -1.51. The standard InChI is InChI=1S/C23H32FN3O3S/c1-16(22(28)25-23-13-17-10-18(14-23)12-19(11-17)15-23)26-6-8-27(9-7-26)31(29,30)21-5-3-2-4-20(21)24/h2-5,16-19H,6-15H2,1H3,(H,25,28)/t16-,17?,18?,19?,23?/m1/s1. The number of piperazine rings is 1. The minimum absolute atomic E-state index is 0.0178. The number of rotatable bonds is 5. The van der Waals surface area contributed by atoms with E-state index >= 15 is 0 Å². The maximum atomic E-state index is 14.0. The van der Waals surface area contributed by atoms with Crippen molar-refractivity contribution >= 4 is 15.9 Å². The Balaban J connectivity index is 1.20. The predicted octanol–water partition coefficient (Wildman–Crippen LogP) is 2.61. The van der Waals surface area contributed by atoms with Gasteiger partial charge >= 0.3 is 0 Å². The molecule has 1 saturated heterocycles. The fourth-order valence-electron chi connectivity index (χ4n) is 6.92. The van der Waals surface area contributed by atoms with Crippen molar-refractivity contribution in [1.29, 1.82) is 0 Å². The lowest BCUT2D eigenvalue weighted by atomic mass is 9.53. The van der Waals surface area contributed by atoms with Crippen LogP contribution in [0.3, 0.4) is 0 Å². The molecule has 5 aliphatic rings. The molecular weight excluding hydrogens is 417 g/mol. The molecule has 1 N–H and O–H groups in total. The van der Waals surface area contributed by atoms with Gasteiger partial charge in [-0.25, -0.2) is 12.8 Å². The Morgan fingerprint density at radius 1 is 1.03 bits per heavy atom. The second kappa shape index (κ2) is 7.81. The number of nitrogens with one attached hydrogen (secondary N) is 1. The van der Waals surface area contributed by atoms with Gasteiger partial charge in [-0.15, -0.1) is 0 Å². The summed E-state index contributed by atoms with van der Waals surface area (Å²) < 4.78 is 41.0. The minimum atomic E-state index is -3.87. The molecule has 1 aliphatic heterocycles. The number of halogens is 1. The van der Waals surface area contributed by atoms with Crippen LogP contribution in [0.2, 0.25) is 0 Å². The van der Waals surface area contributed by atoms with Crippen molar-refractivity contribution in [3.8, 4) is 0 Å². The highest BCUT2D eigenvalue weighted by molar-refractivity contribution is 7.89. The lowest BCUT2D eigenvalue weighted by Gasteiger charge is -2.57. The Kier molecular flexibility index (Phi) is 5.38. The molecule has 0 radical (unpaired) electrons. The smallest absolute Gasteiger partial charge is 0.246 e. The number of nitrogens with zero attached hydrogens (tertiary/aromatic N) is 2. The molecule has 0 spiro atoms. The second-order valence-electron chi connectivity index (χ2n) is 10.2. The van der Waals surface area contributed by atoms with Gasteiger partial charge in [-0.05, 0) is 75.3 Å². The zero-order valence-corrected chi connectivity index (χ0v) is 18.9. The molecule has 1 aromatic carbocycles. The molecular formula is C23H32FN3O3S. The van der Waals surface area contributed by atoms with Crippen LogP contribution in [0, 0.1) is 23.6 Å². The fourth-order valence-corrected chi connectivity index (χ4v) is 8.41. The van der Waals surface area contributed by atoms with Crippen LogP contribution in [0.5, 0.6) is 0 Å². The van der Waals surface area contributed by atoms with Crippen molar-refractivity contribution in [3.05, 3.63) is 30.1 Å². The highest BCUT2D eigenvalue weighted by atomic mass is 32.2. The average molecular weight is 450 g/mol. The lowest BCUT2D eigenvalue weighted by molar-refractivity contribution is -0.132. The van der Waals surface area contributed by atoms with Gasteiger partial charge in [0.15, 0.2) is 0 Å². The van der Waals surface area contributed by atoms with Crippen LogP contribution in [0.15, 0.2) is 29.2 Å². The Morgan fingerprint density at radius 2 is 1.58 bits per heavy atom. The van der Waals surface area contributed by atoms with Crippen LogP contribution in [-0.2, 0) is 14.8 Å². The summed E-state index contributed by atoms with van der Waals surface area (Å²) in [4.78, 5) is 14.9. The Labute approximate surface area is 184 Å². The summed E-state index contributed by atoms with van der Waals surface area (Å²) in [7, 11) is -3.87. The van der Waals surface area contributed by atoms with Crippen molar-refractivity contribution in [2.75, 3.05) is 26.2 Å². The van der Waals surface area contributed by atoms with Gasteiger partial charge in [0.2, 0.25) is 15.9 Å². The van der Waals surface area contributed by atoms with E-state index in [-0.39, 0.29) is 35.5 Å². The zero-order chi connectivity index (χ0) is 21.8. The van der Waals surface area contributed by atoms with Crippen molar-refractivity contribution in [2.45, 2.75) is 61.9 Å². The van der Waals surface area contributed by atoms with E-state index in [2.05, 4.69) is 5.32 Å². The first-order chi connectivity index (χ1) is 14.8. The molecule has 4 saturated carbocycles. The van der Waals surface area contributed by atoms with Gasteiger partial charge in [-0.1, -0.05) is 12.1 Å². The van der Waals surface area contributed by atoms with Crippen LogP contribution < -0.4 is 5.32 Å². The van der Waals surface area contributed by atoms with Crippen LogP contribution in [0.4, 0.5) is 4.39 Å². The first-order valence-electron chi connectivity index (χ1n) is 11.6. The van der Waals surface area contributed by atoms with Gasteiger partial charge in [-0.2, -0.15) is 4.31 Å². The average Bonchev–Trinajstić information content (AvgIpc) is 2.72. The van der Waals surface area contributed by atoms with Gasteiger partial charge in [0.25, 0.3) is 0 Å². The highest BCUT2D eigenvalue weighted by Crippen LogP contribution is 2.55. The van der Waals surface area contributed by atoms with E-state index in [0.29, 0.717) is 13.1 Å². The highest BCUT2D eigenvalue weighted by Gasteiger charge is 2.52. The Bertz CT molecular complexity index is 923. The molecule has 4 bridgehead atoms. The molecule has 5 fully saturated rings. The Morgan fingerprint density at radius 3 is 2.13 bits per heavy atom. The van der Waals surface area contributed by atoms with Gasteiger partial charge in [0.05, 0.1) is 6.04 Å². The second-order valence-corrected chi connectivity index (χ2v) is 12.1. The molecule has 31 heavy (non-hydrogen) atoms. The maximum absolute atomic E-state index is 14.0. The van der Waals surface area contributed by atoms with Crippen LogP contribution in [0.1, 0.15) is 45.4 Å². The summed E-state index contributed by atoms with van der Waals surface area (Å²) in [5, 5.41) is 3.43. The summed E-state index contributed by atoms with van der Waals surface area (Å²) in [5.74, 6) is 1.65. The molecule has 0 aromatic heterocycles. The molecule has 6 nitrogen and oxygen atoms in total. The van der Waals surface area contributed by atoms with Crippen molar-refractivity contribution in [3.63, 3.8) is 0 Å². The molecule has 6 rings (SSSR count). The molecule has 8 heteroatoms. The minimum Gasteiger partial charge on any atom is -0.349 e. The third-order valence-corrected chi connectivity index (χ3v) is 10.0. The van der Waals surface area contributed by atoms with E-state index in [0.717, 1.165) is 37.0 Å². The number of benzene rings is 1. The van der Waals surface area contributed by atoms with Gasteiger partial charge < -0.3 is 5.32 Å².